The van der Waals surface area contributed by atoms with Crippen LogP contribution in [0.5, 0.6) is 0 Å². The normalized spacial score (nSPS) is 9.62. The fourth-order valence-electron chi connectivity index (χ4n) is 1.24. The van der Waals surface area contributed by atoms with Crippen molar-refractivity contribution in [3.63, 3.8) is 0 Å². The van der Waals surface area contributed by atoms with Gasteiger partial charge in [-0.25, -0.2) is 9.59 Å². The maximum absolute atomic E-state index is 11.5. The molecule has 0 amide bonds. The van der Waals surface area contributed by atoms with E-state index < -0.39 is 11.9 Å². The molecule has 0 aliphatic carbocycles. The van der Waals surface area contributed by atoms with Crippen molar-refractivity contribution < 1.29 is 19.1 Å². The van der Waals surface area contributed by atoms with Gasteiger partial charge in [0.05, 0.1) is 36.7 Å². The number of hydrogen-bond donors (Lipinski definition) is 2. The van der Waals surface area contributed by atoms with Gasteiger partial charge in [-0.15, -0.1) is 0 Å². The number of carbonyl (C=O) groups excluding carboxylic acids is 2. The quantitative estimate of drug-likeness (QED) is 0.557. The summed E-state index contributed by atoms with van der Waals surface area (Å²) in [6, 6.07) is 2.79. The van der Waals surface area contributed by atoms with Crippen LogP contribution < -0.4 is 11.5 Å². The molecule has 4 N–H and O–H groups in total. The van der Waals surface area contributed by atoms with Gasteiger partial charge >= 0.3 is 11.9 Å². The van der Waals surface area contributed by atoms with Crippen molar-refractivity contribution in [2.75, 3.05) is 25.7 Å². The van der Waals surface area contributed by atoms with Crippen molar-refractivity contribution in [2.24, 2.45) is 0 Å². The fourth-order valence-corrected chi connectivity index (χ4v) is 1.24. The third-order valence-corrected chi connectivity index (χ3v) is 2.07. The Morgan fingerprint density at radius 3 is 2.12 bits per heavy atom. The lowest BCUT2D eigenvalue weighted by Gasteiger charge is -2.10. The molecule has 1 aromatic carbocycles. The first-order valence-electron chi connectivity index (χ1n) is 4.37. The van der Waals surface area contributed by atoms with Gasteiger partial charge in [-0.2, -0.15) is 0 Å². The minimum atomic E-state index is -0.731. The number of carbonyl (C=O) groups is 2. The Morgan fingerprint density at radius 1 is 1.06 bits per heavy atom. The third kappa shape index (κ3) is 1.90. The Morgan fingerprint density at radius 2 is 1.62 bits per heavy atom. The largest absolute Gasteiger partial charge is 0.465 e. The van der Waals surface area contributed by atoms with Crippen molar-refractivity contribution in [1.29, 1.82) is 0 Å². The van der Waals surface area contributed by atoms with Crippen LogP contribution in [-0.4, -0.2) is 26.2 Å². The molecule has 0 atom stereocenters. The van der Waals surface area contributed by atoms with Crippen LogP contribution in [-0.2, 0) is 9.47 Å². The monoisotopic (exact) mass is 224 g/mol. The average molecular weight is 224 g/mol. The van der Waals surface area contributed by atoms with Crippen LogP contribution >= 0.6 is 0 Å². The number of nitrogen functional groups attached to an aromatic ring is 2. The maximum Gasteiger partial charge on any atom is 0.340 e. The summed E-state index contributed by atoms with van der Waals surface area (Å²) in [5, 5.41) is 0. The number of benzene rings is 1. The van der Waals surface area contributed by atoms with E-state index in [-0.39, 0.29) is 22.5 Å². The van der Waals surface area contributed by atoms with Crippen LogP contribution in [0.1, 0.15) is 20.7 Å². The molecule has 0 saturated heterocycles. The molecule has 0 aliphatic rings. The van der Waals surface area contributed by atoms with Gasteiger partial charge in [-0.05, 0) is 12.1 Å². The van der Waals surface area contributed by atoms with E-state index in [0.717, 1.165) is 0 Å². The Labute approximate surface area is 92.1 Å². The van der Waals surface area contributed by atoms with E-state index in [9.17, 15) is 9.59 Å². The highest BCUT2D eigenvalue weighted by molar-refractivity contribution is 6.08. The molecule has 1 rings (SSSR count). The van der Waals surface area contributed by atoms with Crippen LogP contribution in [0.15, 0.2) is 12.1 Å². The van der Waals surface area contributed by atoms with E-state index >= 15 is 0 Å². The van der Waals surface area contributed by atoms with Gasteiger partial charge in [-0.3, -0.25) is 0 Å². The molecule has 6 nitrogen and oxygen atoms in total. The number of nitrogens with two attached hydrogens (primary N) is 2. The fraction of sp³-hybridized carbons (Fsp3) is 0.200. The van der Waals surface area contributed by atoms with Crippen molar-refractivity contribution in [1.82, 2.24) is 0 Å². The van der Waals surface area contributed by atoms with E-state index in [1.807, 2.05) is 0 Å². The van der Waals surface area contributed by atoms with Crippen LogP contribution in [0.2, 0.25) is 0 Å². The average Bonchev–Trinajstić information content (AvgIpc) is 2.30. The van der Waals surface area contributed by atoms with Crippen LogP contribution in [0.25, 0.3) is 0 Å². The molecule has 0 bridgehead atoms. The van der Waals surface area contributed by atoms with E-state index in [1.54, 1.807) is 0 Å². The summed E-state index contributed by atoms with van der Waals surface area (Å²) in [5.41, 5.74) is 11.3. The van der Waals surface area contributed by atoms with Gasteiger partial charge in [0, 0.05) is 0 Å². The van der Waals surface area contributed by atoms with Crippen LogP contribution in [0, 0.1) is 0 Å². The lowest BCUT2D eigenvalue weighted by Crippen LogP contribution is -2.15. The topological polar surface area (TPSA) is 105 Å². The maximum atomic E-state index is 11.5. The Bertz CT molecular complexity index is 443. The lowest BCUT2D eigenvalue weighted by atomic mass is 10.0. The zero-order valence-electron chi connectivity index (χ0n) is 8.94. The van der Waals surface area contributed by atoms with E-state index in [1.165, 1.54) is 26.4 Å². The smallest absolute Gasteiger partial charge is 0.340 e. The zero-order chi connectivity index (χ0) is 12.3. The number of ether oxygens (including phenoxy) is 2. The molecule has 0 spiro atoms. The minimum absolute atomic E-state index is 0.00903. The van der Waals surface area contributed by atoms with Gasteiger partial charge in [0.1, 0.15) is 0 Å². The van der Waals surface area contributed by atoms with Gasteiger partial charge < -0.3 is 20.9 Å². The highest BCUT2D eigenvalue weighted by Crippen LogP contribution is 2.25. The first kappa shape index (κ1) is 11.8. The molecular formula is C10H12N2O4. The zero-order valence-corrected chi connectivity index (χ0v) is 8.94. The van der Waals surface area contributed by atoms with Gasteiger partial charge in [-0.1, -0.05) is 0 Å². The van der Waals surface area contributed by atoms with Crippen molar-refractivity contribution >= 4 is 23.3 Å². The second-order valence-electron chi connectivity index (χ2n) is 2.97. The van der Waals surface area contributed by atoms with E-state index in [0.29, 0.717) is 0 Å². The summed E-state index contributed by atoms with van der Waals surface area (Å²) in [6.07, 6.45) is 0. The number of rotatable bonds is 2. The van der Waals surface area contributed by atoms with Crippen molar-refractivity contribution in [3.8, 4) is 0 Å². The standard InChI is InChI=1S/C10H12N2O4/c1-15-9(13)5-3-4-6(11)8(12)7(5)10(14)16-2/h3-4H,11-12H2,1-2H3. The Balaban J connectivity index is 3.44. The summed E-state index contributed by atoms with van der Waals surface area (Å²) in [4.78, 5) is 22.9. The summed E-state index contributed by atoms with van der Waals surface area (Å²) < 4.78 is 9.05. The van der Waals surface area contributed by atoms with Crippen molar-refractivity contribution in [3.05, 3.63) is 23.3 Å². The second-order valence-corrected chi connectivity index (χ2v) is 2.97. The van der Waals surface area contributed by atoms with E-state index in [2.05, 4.69) is 9.47 Å². The molecule has 0 aliphatic heterocycles. The molecule has 0 radical (unpaired) electrons. The number of esters is 2. The summed E-state index contributed by atoms with van der Waals surface area (Å²) in [7, 11) is 2.39. The number of methoxy groups -OCH3 is 2. The predicted octanol–water partition coefficient (Wildman–Crippen LogP) is 0.424. The summed E-state index contributed by atoms with van der Waals surface area (Å²) in [5.74, 6) is -1.41. The molecule has 0 fully saturated rings. The van der Waals surface area contributed by atoms with Crippen LogP contribution in [0.3, 0.4) is 0 Å². The molecule has 86 valence electrons. The Kier molecular flexibility index (Phi) is 3.34. The van der Waals surface area contributed by atoms with E-state index in [4.69, 9.17) is 11.5 Å². The first-order valence-corrected chi connectivity index (χ1v) is 4.37. The van der Waals surface area contributed by atoms with Crippen LogP contribution in [0.4, 0.5) is 11.4 Å². The third-order valence-electron chi connectivity index (χ3n) is 2.07. The second kappa shape index (κ2) is 4.52. The number of anilines is 2. The highest BCUT2D eigenvalue weighted by Gasteiger charge is 2.22. The van der Waals surface area contributed by atoms with Crippen molar-refractivity contribution in [2.45, 2.75) is 0 Å². The molecule has 1 aromatic rings. The number of hydrogen-bond acceptors (Lipinski definition) is 6. The SMILES string of the molecule is COC(=O)c1ccc(N)c(N)c1C(=O)OC. The molecule has 16 heavy (non-hydrogen) atoms. The van der Waals surface area contributed by atoms with Gasteiger partial charge in [0.2, 0.25) is 0 Å². The molecule has 0 heterocycles. The molecular weight excluding hydrogens is 212 g/mol. The van der Waals surface area contributed by atoms with Gasteiger partial charge in [0.15, 0.2) is 0 Å². The lowest BCUT2D eigenvalue weighted by molar-refractivity contribution is 0.0556. The molecule has 6 heteroatoms. The summed E-state index contributed by atoms with van der Waals surface area (Å²) >= 11 is 0. The Hall–Kier alpha value is -2.24. The highest BCUT2D eigenvalue weighted by atomic mass is 16.5. The molecule has 0 aromatic heterocycles. The summed E-state index contributed by atoms with van der Waals surface area (Å²) in [6.45, 7) is 0. The molecule has 0 unspecified atom stereocenters. The predicted molar refractivity (Wildman–Crippen MR) is 57.9 cm³/mol. The van der Waals surface area contributed by atoms with Gasteiger partial charge in [0.25, 0.3) is 0 Å². The minimum Gasteiger partial charge on any atom is -0.465 e. The first-order chi connectivity index (χ1) is 7.52. The molecule has 0 saturated carbocycles.